The van der Waals surface area contributed by atoms with Gasteiger partial charge in [-0.15, -0.1) is 0 Å². The van der Waals surface area contributed by atoms with Crippen molar-refractivity contribution in [3.8, 4) is 11.8 Å². The van der Waals surface area contributed by atoms with Crippen molar-refractivity contribution < 1.29 is 22.9 Å². The summed E-state index contributed by atoms with van der Waals surface area (Å²) < 4.78 is 47.9. The van der Waals surface area contributed by atoms with Gasteiger partial charge < -0.3 is 14.6 Å². The first-order chi connectivity index (χ1) is 17.8. The van der Waals surface area contributed by atoms with Crippen LogP contribution in [0, 0.1) is 29.9 Å². The zero-order valence-corrected chi connectivity index (χ0v) is 20.8. The fraction of sp³-hybridized carbons (Fsp3) is 0.269. The molecule has 8 nitrogen and oxygen atoms in total. The number of morpholine rings is 1. The van der Waals surface area contributed by atoms with Crippen molar-refractivity contribution in [1.82, 2.24) is 14.8 Å². The molecule has 0 saturated carbocycles. The lowest BCUT2D eigenvalue weighted by Crippen LogP contribution is -2.42. The average Bonchev–Trinajstić information content (AvgIpc) is 2.88. The van der Waals surface area contributed by atoms with E-state index in [9.17, 15) is 22.9 Å². The summed E-state index contributed by atoms with van der Waals surface area (Å²) in [5.41, 5.74) is -0.720. The van der Waals surface area contributed by atoms with Crippen LogP contribution in [0.3, 0.4) is 0 Å². The number of ether oxygens (including phenoxy) is 1. The van der Waals surface area contributed by atoms with Crippen LogP contribution in [-0.4, -0.2) is 59.3 Å². The van der Waals surface area contributed by atoms with E-state index in [0.29, 0.717) is 36.3 Å². The fourth-order valence-electron chi connectivity index (χ4n) is 4.04. The number of nitrogens with zero attached hydrogens (tertiary/aromatic N) is 3. The maximum absolute atomic E-state index is 14.0. The van der Waals surface area contributed by atoms with E-state index in [1.54, 1.807) is 0 Å². The van der Waals surface area contributed by atoms with Crippen LogP contribution < -0.4 is 10.9 Å². The molecule has 1 saturated heterocycles. The molecule has 1 amide bonds. The Kier molecular flexibility index (Phi) is 8.35. The molecular formula is C26H24F2N4O4S. The highest BCUT2D eigenvalue weighted by molar-refractivity contribution is 7.91. The van der Waals surface area contributed by atoms with Crippen LogP contribution in [0.5, 0.6) is 0 Å². The molecule has 11 heteroatoms. The molecule has 1 aliphatic rings. The lowest BCUT2D eigenvalue weighted by atomic mass is 10.2. The molecule has 1 unspecified atom stereocenters. The number of hydrogen-bond donors (Lipinski definition) is 1. The second kappa shape index (κ2) is 11.7. The molecular weight excluding hydrogens is 502 g/mol. The first-order valence-electron chi connectivity index (χ1n) is 11.5. The van der Waals surface area contributed by atoms with Gasteiger partial charge >= 0.3 is 0 Å². The Morgan fingerprint density at radius 2 is 1.78 bits per heavy atom. The van der Waals surface area contributed by atoms with Crippen molar-refractivity contribution in [3.63, 3.8) is 0 Å². The predicted octanol–water partition coefficient (Wildman–Crippen LogP) is 2.52. The van der Waals surface area contributed by atoms with E-state index < -0.39 is 34.3 Å². The minimum Gasteiger partial charge on any atom is -0.606 e. The first-order valence-corrected chi connectivity index (χ1v) is 12.7. The summed E-state index contributed by atoms with van der Waals surface area (Å²) in [6, 6.07) is 11.8. The van der Waals surface area contributed by atoms with Gasteiger partial charge in [0.15, 0.2) is 9.79 Å². The molecule has 0 aliphatic carbocycles. The van der Waals surface area contributed by atoms with Crippen LogP contribution in [0.15, 0.2) is 63.1 Å². The number of carbonyl (C=O) groups excluding carboxylic acids is 1. The standard InChI is InChI=1S/C26H24F2N4O4S/c1-17-24(37(35)22-4-2-18(16-29)3-5-22)15-23(25(33)30-6-7-31-8-10-36-11-9-31)26(34)32(17)21-13-19(27)12-20(28)14-21/h2-5,12-15H,6-11H2,1H3,(H,30,33). The smallest absolute Gasteiger partial charge is 0.268 e. The lowest BCUT2D eigenvalue weighted by Gasteiger charge is -2.26. The lowest BCUT2D eigenvalue weighted by molar-refractivity contribution is 0.0383. The van der Waals surface area contributed by atoms with Gasteiger partial charge in [0.1, 0.15) is 17.2 Å². The molecule has 1 N–H and O–H groups in total. The topological polar surface area (TPSA) is 110 Å². The van der Waals surface area contributed by atoms with E-state index in [1.807, 2.05) is 6.07 Å². The zero-order valence-electron chi connectivity index (χ0n) is 20.0. The van der Waals surface area contributed by atoms with Crippen molar-refractivity contribution in [2.75, 3.05) is 39.4 Å². The van der Waals surface area contributed by atoms with Crippen LogP contribution in [0.2, 0.25) is 0 Å². The minimum atomic E-state index is -1.87. The van der Waals surface area contributed by atoms with Gasteiger partial charge in [0, 0.05) is 49.5 Å². The molecule has 1 fully saturated rings. The van der Waals surface area contributed by atoms with Crippen molar-refractivity contribution in [1.29, 1.82) is 5.26 Å². The molecule has 1 atom stereocenters. The summed E-state index contributed by atoms with van der Waals surface area (Å²) in [6.07, 6.45) is 0. The summed E-state index contributed by atoms with van der Waals surface area (Å²) >= 11 is -1.87. The maximum atomic E-state index is 14.0. The number of aromatic nitrogens is 1. The van der Waals surface area contributed by atoms with Gasteiger partial charge in [-0.05, 0) is 43.3 Å². The molecule has 0 radical (unpaired) electrons. The Labute approximate surface area is 215 Å². The summed E-state index contributed by atoms with van der Waals surface area (Å²) in [5.74, 6) is -2.50. The Morgan fingerprint density at radius 3 is 2.41 bits per heavy atom. The third kappa shape index (κ3) is 6.06. The first kappa shape index (κ1) is 26.5. The Bertz CT molecular complexity index is 1380. The van der Waals surface area contributed by atoms with Gasteiger partial charge in [0.25, 0.3) is 11.5 Å². The molecule has 0 bridgehead atoms. The highest BCUT2D eigenvalue weighted by atomic mass is 32.2. The van der Waals surface area contributed by atoms with Gasteiger partial charge in [-0.1, -0.05) is 0 Å². The largest absolute Gasteiger partial charge is 0.606 e. The predicted molar refractivity (Wildman–Crippen MR) is 132 cm³/mol. The van der Waals surface area contributed by atoms with Crippen LogP contribution in [0.1, 0.15) is 21.6 Å². The molecule has 4 rings (SSSR count). The van der Waals surface area contributed by atoms with Crippen molar-refractivity contribution >= 4 is 17.1 Å². The van der Waals surface area contributed by atoms with Gasteiger partial charge in [0.05, 0.1) is 36.2 Å². The zero-order chi connectivity index (χ0) is 26.5. The Balaban J connectivity index is 1.74. The van der Waals surface area contributed by atoms with Crippen LogP contribution in [-0.2, 0) is 15.9 Å². The normalized spacial score (nSPS) is 14.7. The second-order valence-electron chi connectivity index (χ2n) is 8.39. The van der Waals surface area contributed by atoms with Gasteiger partial charge in [-0.25, -0.2) is 8.78 Å². The molecule has 37 heavy (non-hydrogen) atoms. The number of amides is 1. The maximum Gasteiger partial charge on any atom is 0.268 e. The highest BCUT2D eigenvalue weighted by Crippen LogP contribution is 2.26. The van der Waals surface area contributed by atoms with E-state index >= 15 is 0 Å². The van der Waals surface area contributed by atoms with Gasteiger partial charge in [-0.2, -0.15) is 5.26 Å². The monoisotopic (exact) mass is 526 g/mol. The van der Waals surface area contributed by atoms with Gasteiger partial charge in [-0.3, -0.25) is 19.1 Å². The molecule has 3 aromatic rings. The van der Waals surface area contributed by atoms with Crippen molar-refractivity contribution in [2.24, 2.45) is 0 Å². The molecule has 1 aliphatic heterocycles. The summed E-state index contributed by atoms with van der Waals surface area (Å²) in [6.45, 7) is 4.96. The average molecular weight is 527 g/mol. The fourth-order valence-corrected chi connectivity index (χ4v) is 5.26. The molecule has 0 spiro atoms. The minimum absolute atomic E-state index is 0.118. The van der Waals surface area contributed by atoms with Crippen molar-refractivity contribution in [2.45, 2.75) is 16.7 Å². The third-order valence-corrected chi connectivity index (χ3v) is 7.48. The van der Waals surface area contributed by atoms with E-state index in [-0.39, 0.29) is 28.4 Å². The van der Waals surface area contributed by atoms with Crippen molar-refractivity contribution in [3.05, 3.63) is 87.3 Å². The van der Waals surface area contributed by atoms with E-state index in [2.05, 4.69) is 10.2 Å². The number of benzene rings is 2. The van der Waals surface area contributed by atoms with Crippen LogP contribution >= 0.6 is 0 Å². The summed E-state index contributed by atoms with van der Waals surface area (Å²) in [7, 11) is 0. The highest BCUT2D eigenvalue weighted by Gasteiger charge is 2.27. The number of carbonyl (C=O) groups is 1. The van der Waals surface area contributed by atoms with Crippen LogP contribution in [0.4, 0.5) is 8.78 Å². The number of nitriles is 1. The number of pyridine rings is 1. The van der Waals surface area contributed by atoms with E-state index in [1.165, 1.54) is 37.3 Å². The SMILES string of the molecule is Cc1c([S+]([O-])c2ccc(C#N)cc2)cc(C(=O)NCCN2CCOCC2)c(=O)n1-c1cc(F)cc(F)c1. The van der Waals surface area contributed by atoms with Gasteiger partial charge in [0.2, 0.25) is 0 Å². The molecule has 2 aromatic carbocycles. The van der Waals surface area contributed by atoms with E-state index in [0.717, 1.165) is 29.8 Å². The third-order valence-electron chi connectivity index (χ3n) is 5.97. The Morgan fingerprint density at radius 1 is 1.14 bits per heavy atom. The number of halogens is 2. The number of rotatable bonds is 7. The Hall–Kier alpha value is -3.56. The molecule has 2 heterocycles. The summed E-state index contributed by atoms with van der Waals surface area (Å²) in [4.78, 5) is 29.0. The summed E-state index contributed by atoms with van der Waals surface area (Å²) in [5, 5.41) is 11.7. The number of nitrogens with one attached hydrogen (secondary N) is 1. The van der Waals surface area contributed by atoms with E-state index in [4.69, 9.17) is 10.00 Å². The molecule has 1 aromatic heterocycles. The number of hydrogen-bond acceptors (Lipinski definition) is 6. The second-order valence-corrected chi connectivity index (χ2v) is 9.84. The quantitative estimate of drug-likeness (QED) is 0.474. The van der Waals surface area contributed by atoms with Crippen LogP contribution in [0.25, 0.3) is 5.69 Å². The molecule has 192 valence electrons.